The monoisotopic (exact) mass is 388 g/mol. The second-order valence-electron chi connectivity index (χ2n) is 6.92. The molecule has 3 heterocycles. The molecule has 0 atom stereocenters. The van der Waals surface area contributed by atoms with Crippen molar-refractivity contribution in [3.05, 3.63) is 72.3 Å². The molecule has 0 radical (unpaired) electrons. The molecule has 148 valence electrons. The molecule has 1 fully saturated rings. The van der Waals surface area contributed by atoms with Crippen molar-refractivity contribution in [1.29, 1.82) is 0 Å². The van der Waals surface area contributed by atoms with Crippen LogP contribution in [0.4, 0.5) is 17.3 Å². The third-order valence-corrected chi connectivity index (χ3v) is 5.11. The fraction of sp³-hybridized carbons (Fsp3) is 0.273. The Morgan fingerprint density at radius 3 is 2.48 bits per heavy atom. The zero-order valence-corrected chi connectivity index (χ0v) is 16.5. The maximum absolute atomic E-state index is 12.8. The van der Waals surface area contributed by atoms with E-state index in [0.717, 1.165) is 55.5 Å². The quantitative estimate of drug-likeness (QED) is 0.724. The van der Waals surface area contributed by atoms with E-state index in [-0.39, 0.29) is 5.91 Å². The van der Waals surface area contributed by atoms with Crippen LogP contribution in [-0.4, -0.2) is 47.0 Å². The van der Waals surface area contributed by atoms with Crippen LogP contribution < -0.4 is 15.1 Å². The summed E-state index contributed by atoms with van der Waals surface area (Å²) in [6.45, 7) is 5.37. The van der Waals surface area contributed by atoms with Crippen molar-refractivity contribution < 1.29 is 4.79 Å². The van der Waals surface area contributed by atoms with Crippen molar-refractivity contribution in [2.45, 2.75) is 13.3 Å². The smallest absolute Gasteiger partial charge is 0.257 e. The maximum atomic E-state index is 12.8. The van der Waals surface area contributed by atoms with E-state index in [2.05, 4.69) is 37.0 Å². The van der Waals surface area contributed by atoms with Gasteiger partial charge in [0.2, 0.25) is 5.95 Å². The summed E-state index contributed by atoms with van der Waals surface area (Å²) in [6.07, 6.45) is 7.81. The molecular formula is C22H24N6O. The van der Waals surface area contributed by atoms with E-state index in [1.165, 1.54) is 0 Å². The molecule has 7 nitrogen and oxygen atoms in total. The number of nitrogens with one attached hydrogen (secondary N) is 1. The Labute approximate surface area is 170 Å². The number of carbonyl (C=O) groups is 1. The summed E-state index contributed by atoms with van der Waals surface area (Å²) >= 11 is 0. The van der Waals surface area contributed by atoms with Gasteiger partial charge in [-0.15, -0.1) is 0 Å². The van der Waals surface area contributed by atoms with Crippen LogP contribution in [0.5, 0.6) is 0 Å². The molecule has 29 heavy (non-hydrogen) atoms. The zero-order chi connectivity index (χ0) is 20.1. The summed E-state index contributed by atoms with van der Waals surface area (Å²) in [5.41, 5.74) is 3.48. The van der Waals surface area contributed by atoms with Crippen molar-refractivity contribution in [3.63, 3.8) is 0 Å². The number of aromatic nitrogens is 3. The summed E-state index contributed by atoms with van der Waals surface area (Å²) in [5, 5.41) is 3.01. The van der Waals surface area contributed by atoms with Gasteiger partial charge in [0.05, 0.1) is 17.4 Å². The van der Waals surface area contributed by atoms with E-state index in [9.17, 15) is 4.79 Å². The highest BCUT2D eigenvalue weighted by Gasteiger charge is 2.20. The molecule has 0 aliphatic carbocycles. The van der Waals surface area contributed by atoms with Gasteiger partial charge in [-0.1, -0.05) is 25.1 Å². The molecule has 7 heteroatoms. The molecule has 0 saturated carbocycles. The minimum atomic E-state index is -0.142. The van der Waals surface area contributed by atoms with Crippen LogP contribution in [0.1, 0.15) is 22.8 Å². The van der Waals surface area contributed by atoms with Gasteiger partial charge in [0.25, 0.3) is 5.91 Å². The second-order valence-corrected chi connectivity index (χ2v) is 6.92. The number of para-hydroxylation sites is 1. The lowest BCUT2D eigenvalue weighted by Crippen LogP contribution is -2.47. The minimum Gasteiger partial charge on any atom is -0.367 e. The molecular weight excluding hydrogens is 364 g/mol. The van der Waals surface area contributed by atoms with Crippen LogP contribution in [0.3, 0.4) is 0 Å². The van der Waals surface area contributed by atoms with E-state index >= 15 is 0 Å². The number of rotatable bonds is 5. The van der Waals surface area contributed by atoms with Gasteiger partial charge in [0.15, 0.2) is 0 Å². The zero-order valence-electron chi connectivity index (χ0n) is 16.5. The van der Waals surface area contributed by atoms with Crippen LogP contribution >= 0.6 is 0 Å². The van der Waals surface area contributed by atoms with Gasteiger partial charge in [-0.25, -0.2) is 9.97 Å². The standard InChI is InChI=1S/C22H24N6O/c1-2-17-6-3-4-7-20(17)26-21(29)18-14-19(16-23-15-18)27-10-12-28(13-11-27)22-24-8-5-9-25-22/h3-9,14-16H,2,10-13H2,1H3,(H,26,29). The third kappa shape index (κ3) is 4.34. The molecule has 0 spiro atoms. The van der Waals surface area contributed by atoms with Crippen molar-refractivity contribution in [3.8, 4) is 0 Å². The summed E-state index contributed by atoms with van der Waals surface area (Å²) in [6, 6.07) is 11.6. The van der Waals surface area contributed by atoms with Crippen LogP contribution in [0.25, 0.3) is 0 Å². The predicted molar refractivity (Wildman–Crippen MR) is 114 cm³/mol. The number of hydrogen-bond donors (Lipinski definition) is 1. The number of amides is 1. The highest BCUT2D eigenvalue weighted by Crippen LogP contribution is 2.20. The molecule has 0 bridgehead atoms. The average molecular weight is 388 g/mol. The fourth-order valence-electron chi connectivity index (χ4n) is 3.49. The minimum absolute atomic E-state index is 0.142. The number of nitrogens with zero attached hydrogens (tertiary/aromatic N) is 5. The fourth-order valence-corrected chi connectivity index (χ4v) is 3.49. The normalized spacial score (nSPS) is 14.0. The Bertz CT molecular complexity index is 970. The Hall–Kier alpha value is -3.48. The van der Waals surface area contributed by atoms with E-state index in [1.54, 1.807) is 18.6 Å². The molecule has 1 aromatic carbocycles. The first-order valence-electron chi connectivity index (χ1n) is 9.86. The van der Waals surface area contributed by atoms with E-state index < -0.39 is 0 Å². The molecule has 1 saturated heterocycles. The third-order valence-electron chi connectivity index (χ3n) is 5.11. The second kappa shape index (κ2) is 8.68. The Balaban J connectivity index is 1.43. The van der Waals surface area contributed by atoms with Gasteiger partial charge >= 0.3 is 0 Å². The summed E-state index contributed by atoms with van der Waals surface area (Å²) in [5.74, 6) is 0.615. The van der Waals surface area contributed by atoms with Gasteiger partial charge < -0.3 is 15.1 Å². The number of piperazine rings is 1. The van der Waals surface area contributed by atoms with E-state index in [1.807, 2.05) is 42.6 Å². The van der Waals surface area contributed by atoms with E-state index in [4.69, 9.17) is 0 Å². The summed E-state index contributed by atoms with van der Waals surface area (Å²) in [7, 11) is 0. The molecule has 3 aromatic rings. The van der Waals surface area contributed by atoms with Crippen LogP contribution in [0, 0.1) is 0 Å². The first kappa shape index (κ1) is 18.9. The van der Waals surface area contributed by atoms with E-state index in [0.29, 0.717) is 5.56 Å². The molecule has 1 aliphatic heterocycles. The van der Waals surface area contributed by atoms with Gasteiger partial charge in [0.1, 0.15) is 0 Å². The lowest BCUT2D eigenvalue weighted by Gasteiger charge is -2.35. The van der Waals surface area contributed by atoms with Gasteiger partial charge in [-0.2, -0.15) is 0 Å². The van der Waals surface area contributed by atoms with Crippen molar-refractivity contribution >= 4 is 23.2 Å². The number of pyridine rings is 1. The highest BCUT2D eigenvalue weighted by molar-refractivity contribution is 6.05. The lowest BCUT2D eigenvalue weighted by atomic mass is 10.1. The van der Waals surface area contributed by atoms with Gasteiger partial charge in [0, 0.05) is 50.5 Å². The van der Waals surface area contributed by atoms with Crippen LogP contribution in [0.2, 0.25) is 0 Å². The topological polar surface area (TPSA) is 74.2 Å². The van der Waals surface area contributed by atoms with Crippen LogP contribution in [0.15, 0.2) is 61.2 Å². The summed E-state index contributed by atoms with van der Waals surface area (Å²) < 4.78 is 0. The number of hydrogen-bond acceptors (Lipinski definition) is 6. The maximum Gasteiger partial charge on any atom is 0.257 e. The molecule has 0 unspecified atom stereocenters. The average Bonchev–Trinajstić information content (AvgIpc) is 2.80. The Morgan fingerprint density at radius 2 is 1.72 bits per heavy atom. The number of aryl methyl sites for hydroxylation is 1. The predicted octanol–water partition coefficient (Wildman–Crippen LogP) is 3.01. The molecule has 1 aliphatic rings. The number of anilines is 3. The first-order chi connectivity index (χ1) is 14.2. The van der Waals surface area contributed by atoms with Crippen molar-refractivity contribution in [1.82, 2.24) is 15.0 Å². The van der Waals surface area contributed by atoms with Gasteiger partial charge in [-0.05, 0) is 30.2 Å². The Kier molecular flexibility index (Phi) is 5.65. The highest BCUT2D eigenvalue weighted by atomic mass is 16.1. The molecule has 2 aromatic heterocycles. The Morgan fingerprint density at radius 1 is 1.00 bits per heavy atom. The molecule has 4 rings (SSSR count). The lowest BCUT2D eigenvalue weighted by molar-refractivity contribution is 0.102. The summed E-state index contributed by atoms with van der Waals surface area (Å²) in [4.78, 5) is 30.1. The van der Waals surface area contributed by atoms with Crippen molar-refractivity contribution in [2.24, 2.45) is 0 Å². The SMILES string of the molecule is CCc1ccccc1NC(=O)c1cncc(N2CCN(c3ncccn3)CC2)c1. The first-order valence-corrected chi connectivity index (χ1v) is 9.86. The van der Waals surface area contributed by atoms with Gasteiger partial charge in [-0.3, -0.25) is 9.78 Å². The largest absolute Gasteiger partial charge is 0.367 e. The van der Waals surface area contributed by atoms with Crippen LogP contribution in [-0.2, 0) is 6.42 Å². The number of carbonyl (C=O) groups excluding carboxylic acids is 1. The molecule has 1 N–H and O–H groups in total. The molecule has 1 amide bonds. The number of benzene rings is 1. The van der Waals surface area contributed by atoms with Crippen molar-refractivity contribution in [2.75, 3.05) is 41.3 Å².